The minimum atomic E-state index is -0.288. The lowest BCUT2D eigenvalue weighted by atomic mass is 10.2. The van der Waals surface area contributed by atoms with Gasteiger partial charge in [-0.25, -0.2) is 9.97 Å². The number of thiophene rings is 1. The third-order valence-corrected chi connectivity index (χ3v) is 6.94. The Labute approximate surface area is 166 Å². The second kappa shape index (κ2) is 7.48. The van der Waals surface area contributed by atoms with Crippen LogP contribution in [0.4, 0.5) is 5.69 Å². The van der Waals surface area contributed by atoms with E-state index in [-0.39, 0.29) is 11.2 Å². The van der Waals surface area contributed by atoms with E-state index in [0.29, 0.717) is 11.4 Å². The van der Waals surface area contributed by atoms with Crippen LogP contribution in [-0.2, 0) is 17.6 Å². The van der Waals surface area contributed by atoms with Gasteiger partial charge in [0.15, 0.2) is 0 Å². The highest BCUT2D eigenvalue weighted by atomic mass is 32.2. The normalized spacial score (nSPS) is 14.2. The molecule has 1 atom stereocenters. The molecule has 0 saturated heterocycles. The summed E-state index contributed by atoms with van der Waals surface area (Å²) in [6, 6.07) is 7.43. The van der Waals surface area contributed by atoms with Crippen LogP contribution in [0.3, 0.4) is 0 Å². The third-order valence-electron chi connectivity index (χ3n) is 4.67. The molecule has 0 aliphatic heterocycles. The largest absolute Gasteiger partial charge is 0.495 e. The number of fused-ring (bicyclic) bond motifs is 3. The number of nitrogens with one attached hydrogen (secondary N) is 1. The predicted molar refractivity (Wildman–Crippen MR) is 111 cm³/mol. The number of methoxy groups -OCH3 is 1. The van der Waals surface area contributed by atoms with Crippen molar-refractivity contribution in [1.82, 2.24) is 9.97 Å². The summed E-state index contributed by atoms with van der Waals surface area (Å²) in [6.45, 7) is 3.82. The van der Waals surface area contributed by atoms with E-state index >= 15 is 0 Å². The lowest BCUT2D eigenvalue weighted by Crippen LogP contribution is -2.23. The number of aromatic nitrogens is 2. The Morgan fingerprint density at radius 3 is 2.93 bits per heavy atom. The standard InChI is InChI=1S/C20H21N3O2S2/c1-11(18(24)23-14-8-4-5-9-15(14)25-3)26-19-17-13-7-6-10-16(13)27-20(17)22-12(2)21-19/h4-5,8-9,11H,6-7,10H2,1-3H3,(H,23,24)/t11-/m0/s1. The van der Waals surface area contributed by atoms with Crippen molar-refractivity contribution in [3.05, 3.63) is 40.5 Å². The van der Waals surface area contributed by atoms with Gasteiger partial charge in [0.05, 0.1) is 18.0 Å². The van der Waals surface area contributed by atoms with Gasteiger partial charge in [0, 0.05) is 10.3 Å². The molecule has 0 unspecified atom stereocenters. The molecule has 1 aliphatic carbocycles. The first kappa shape index (κ1) is 18.3. The number of aryl methyl sites for hydroxylation is 3. The molecule has 1 N–H and O–H groups in total. The maximum absolute atomic E-state index is 12.7. The Balaban J connectivity index is 1.59. The number of carbonyl (C=O) groups is 1. The van der Waals surface area contributed by atoms with Gasteiger partial charge < -0.3 is 10.1 Å². The van der Waals surface area contributed by atoms with Gasteiger partial charge >= 0.3 is 0 Å². The van der Waals surface area contributed by atoms with Crippen molar-refractivity contribution in [2.24, 2.45) is 0 Å². The molecule has 0 radical (unpaired) electrons. The van der Waals surface area contributed by atoms with Crippen LogP contribution in [0.25, 0.3) is 10.2 Å². The third kappa shape index (κ3) is 3.53. The van der Waals surface area contributed by atoms with E-state index in [9.17, 15) is 4.79 Å². The molecule has 0 fully saturated rings. The van der Waals surface area contributed by atoms with Crippen LogP contribution in [0.5, 0.6) is 5.75 Å². The second-order valence-corrected chi connectivity index (χ2v) is 8.98. The van der Waals surface area contributed by atoms with E-state index in [1.807, 2.05) is 38.1 Å². The Morgan fingerprint density at radius 2 is 2.11 bits per heavy atom. The number of hydrogen-bond acceptors (Lipinski definition) is 6. The van der Waals surface area contributed by atoms with Crippen LogP contribution in [-0.4, -0.2) is 28.2 Å². The molecular weight excluding hydrogens is 378 g/mol. The van der Waals surface area contributed by atoms with Crippen molar-refractivity contribution in [2.45, 2.75) is 43.4 Å². The van der Waals surface area contributed by atoms with Gasteiger partial charge in [-0.3, -0.25) is 4.79 Å². The maximum Gasteiger partial charge on any atom is 0.237 e. The summed E-state index contributed by atoms with van der Waals surface area (Å²) in [5.41, 5.74) is 2.06. The molecule has 1 amide bonds. The van der Waals surface area contributed by atoms with Gasteiger partial charge in [-0.1, -0.05) is 23.9 Å². The summed E-state index contributed by atoms with van der Waals surface area (Å²) < 4.78 is 5.32. The van der Waals surface area contributed by atoms with Gasteiger partial charge in [-0.2, -0.15) is 0 Å². The topological polar surface area (TPSA) is 64.1 Å². The predicted octanol–water partition coefficient (Wildman–Crippen LogP) is 4.62. The van der Waals surface area contributed by atoms with Gasteiger partial charge in [0.1, 0.15) is 21.4 Å². The average Bonchev–Trinajstić information content (AvgIpc) is 3.22. The lowest BCUT2D eigenvalue weighted by Gasteiger charge is -2.14. The fourth-order valence-electron chi connectivity index (χ4n) is 3.35. The smallest absolute Gasteiger partial charge is 0.237 e. The molecule has 7 heteroatoms. The van der Waals surface area contributed by atoms with Crippen molar-refractivity contribution in [1.29, 1.82) is 0 Å². The maximum atomic E-state index is 12.7. The summed E-state index contributed by atoms with van der Waals surface area (Å²) in [4.78, 5) is 24.5. The van der Waals surface area contributed by atoms with E-state index in [1.165, 1.54) is 28.6 Å². The van der Waals surface area contributed by atoms with E-state index in [0.717, 1.165) is 33.9 Å². The number of carbonyl (C=O) groups excluding carboxylic acids is 1. The Kier molecular flexibility index (Phi) is 5.06. The van der Waals surface area contributed by atoms with Gasteiger partial charge in [-0.05, 0) is 50.8 Å². The summed E-state index contributed by atoms with van der Waals surface area (Å²) in [5.74, 6) is 1.34. The van der Waals surface area contributed by atoms with Crippen LogP contribution < -0.4 is 10.1 Å². The first-order chi connectivity index (χ1) is 13.1. The van der Waals surface area contributed by atoms with Crippen molar-refractivity contribution >= 4 is 44.9 Å². The van der Waals surface area contributed by atoms with Gasteiger partial charge in [0.2, 0.25) is 5.91 Å². The Hall–Kier alpha value is -2.12. The lowest BCUT2D eigenvalue weighted by molar-refractivity contribution is -0.115. The number of amides is 1. The van der Waals surface area contributed by atoms with E-state index in [2.05, 4.69) is 15.3 Å². The zero-order valence-electron chi connectivity index (χ0n) is 15.5. The van der Waals surface area contributed by atoms with Crippen LogP contribution in [0, 0.1) is 6.92 Å². The highest BCUT2D eigenvalue weighted by Gasteiger charge is 2.24. The first-order valence-electron chi connectivity index (χ1n) is 8.96. The summed E-state index contributed by atoms with van der Waals surface area (Å²) in [7, 11) is 1.60. The highest BCUT2D eigenvalue weighted by molar-refractivity contribution is 8.00. The minimum Gasteiger partial charge on any atom is -0.495 e. The zero-order valence-corrected chi connectivity index (χ0v) is 17.2. The monoisotopic (exact) mass is 399 g/mol. The van der Waals surface area contributed by atoms with Crippen molar-refractivity contribution in [2.75, 3.05) is 12.4 Å². The van der Waals surface area contributed by atoms with Crippen molar-refractivity contribution < 1.29 is 9.53 Å². The summed E-state index contributed by atoms with van der Waals surface area (Å²) in [5, 5.41) is 4.75. The molecule has 1 aromatic carbocycles. The quantitative estimate of drug-likeness (QED) is 0.501. The summed E-state index contributed by atoms with van der Waals surface area (Å²) in [6.07, 6.45) is 3.40. The number of thioether (sulfide) groups is 1. The Bertz CT molecular complexity index is 1020. The molecule has 0 spiro atoms. The molecule has 27 heavy (non-hydrogen) atoms. The minimum absolute atomic E-state index is 0.0687. The van der Waals surface area contributed by atoms with Crippen LogP contribution in [0.15, 0.2) is 29.3 Å². The van der Waals surface area contributed by atoms with E-state index in [1.54, 1.807) is 18.4 Å². The SMILES string of the molecule is COc1ccccc1NC(=O)[C@H](C)Sc1nc(C)nc2sc3c(c12)CCC3. The summed E-state index contributed by atoms with van der Waals surface area (Å²) >= 11 is 3.28. The van der Waals surface area contributed by atoms with Crippen LogP contribution in [0.1, 0.15) is 29.6 Å². The molecule has 4 rings (SSSR count). The van der Waals surface area contributed by atoms with Crippen molar-refractivity contribution in [3.8, 4) is 5.75 Å². The Morgan fingerprint density at radius 1 is 1.30 bits per heavy atom. The molecule has 0 bridgehead atoms. The van der Waals surface area contributed by atoms with Gasteiger partial charge in [-0.15, -0.1) is 11.3 Å². The van der Waals surface area contributed by atoms with Crippen LogP contribution in [0.2, 0.25) is 0 Å². The fraction of sp³-hybridized carbons (Fsp3) is 0.350. The zero-order chi connectivity index (χ0) is 19.0. The number of ether oxygens (including phenoxy) is 1. The number of nitrogens with zero attached hydrogens (tertiary/aromatic N) is 2. The molecule has 140 valence electrons. The molecule has 5 nitrogen and oxygen atoms in total. The molecular formula is C20H21N3O2S2. The second-order valence-electron chi connectivity index (χ2n) is 6.56. The average molecular weight is 400 g/mol. The molecule has 3 aromatic rings. The molecule has 2 heterocycles. The molecule has 0 saturated carbocycles. The number of benzene rings is 1. The van der Waals surface area contributed by atoms with E-state index < -0.39 is 0 Å². The first-order valence-corrected chi connectivity index (χ1v) is 10.7. The number of rotatable bonds is 5. The number of para-hydroxylation sites is 2. The fourth-order valence-corrected chi connectivity index (χ4v) is 5.75. The number of hydrogen-bond donors (Lipinski definition) is 1. The van der Waals surface area contributed by atoms with Crippen molar-refractivity contribution in [3.63, 3.8) is 0 Å². The van der Waals surface area contributed by atoms with E-state index in [4.69, 9.17) is 4.74 Å². The molecule has 1 aliphatic rings. The van der Waals surface area contributed by atoms with Crippen LogP contribution >= 0.6 is 23.1 Å². The highest BCUT2D eigenvalue weighted by Crippen LogP contribution is 2.41. The molecule has 2 aromatic heterocycles. The van der Waals surface area contributed by atoms with Gasteiger partial charge in [0.25, 0.3) is 0 Å². The number of anilines is 1.